The molecule has 0 spiro atoms. The predicted octanol–water partition coefficient (Wildman–Crippen LogP) is 4.98. The van der Waals surface area contributed by atoms with E-state index >= 15 is 0 Å². The molecule has 1 saturated heterocycles. The summed E-state index contributed by atoms with van der Waals surface area (Å²) >= 11 is 0. The van der Waals surface area contributed by atoms with Gasteiger partial charge in [-0.3, -0.25) is 18.9 Å². The second-order valence-corrected chi connectivity index (χ2v) is 11.6. The molecule has 222 valence electrons. The van der Waals surface area contributed by atoms with Crippen LogP contribution < -0.4 is 5.32 Å². The van der Waals surface area contributed by atoms with Gasteiger partial charge >= 0.3 is 22.5 Å². The zero-order chi connectivity index (χ0) is 29.7. The first-order valence-corrected chi connectivity index (χ1v) is 15.1. The third-order valence-electron chi connectivity index (χ3n) is 8.18. The Bertz CT molecular complexity index is 1360. The number of fused-ring (bicyclic) bond motifs is 2. The molecule has 7 atom stereocenters. The van der Waals surface area contributed by atoms with E-state index in [2.05, 4.69) is 16.4 Å². The number of ether oxygens (including phenoxy) is 2. The summed E-state index contributed by atoms with van der Waals surface area (Å²) in [5.41, 5.74) is 2.48. The number of hydrogen-bond acceptors (Lipinski definition) is 7. The van der Waals surface area contributed by atoms with Gasteiger partial charge in [0.2, 0.25) is 0 Å². The third kappa shape index (κ3) is 8.11. The first kappa shape index (κ1) is 30.6. The van der Waals surface area contributed by atoms with E-state index in [1.54, 1.807) is 19.2 Å². The van der Waals surface area contributed by atoms with Gasteiger partial charge < -0.3 is 14.8 Å². The minimum atomic E-state index is -4.67. The second kappa shape index (κ2) is 13.1. The molecule has 2 unspecified atom stereocenters. The van der Waals surface area contributed by atoms with Crippen molar-refractivity contribution in [2.45, 2.75) is 51.7 Å². The number of rotatable bonds is 5. The van der Waals surface area contributed by atoms with Crippen LogP contribution in [0.1, 0.15) is 45.2 Å². The number of nitrogens with zero attached hydrogens (tertiary/aromatic N) is 1. The SMILES string of the molecule is CCOC(=O)N[C@@H]1CC[C@@H]2[C@@H](C1)C[C@H]1C(=O)OC(C)C1[C@H]2/C=C/c1ccc(-c2cccc(F)c2)cn1.O=S(=O)(O)O. The maximum atomic E-state index is 13.6. The fraction of sp³-hybridized carbons (Fsp3) is 0.483. The zero-order valence-corrected chi connectivity index (χ0v) is 23.7. The van der Waals surface area contributed by atoms with Crippen molar-refractivity contribution in [1.29, 1.82) is 0 Å². The van der Waals surface area contributed by atoms with Crippen LogP contribution in [0.25, 0.3) is 17.2 Å². The fourth-order valence-electron chi connectivity index (χ4n) is 6.64. The number of carbonyl (C=O) groups excluding carboxylic acids is 2. The molecule has 3 fully saturated rings. The molecule has 2 aliphatic carbocycles. The summed E-state index contributed by atoms with van der Waals surface area (Å²) in [5.74, 6) is 0.629. The van der Waals surface area contributed by atoms with Gasteiger partial charge in [0.15, 0.2) is 0 Å². The molecule has 10 nitrogen and oxygen atoms in total. The molecule has 12 heteroatoms. The molecule has 2 heterocycles. The van der Waals surface area contributed by atoms with E-state index in [0.29, 0.717) is 18.4 Å². The molecule has 3 N–H and O–H groups in total. The maximum Gasteiger partial charge on any atom is 0.407 e. The van der Waals surface area contributed by atoms with E-state index in [0.717, 1.165) is 42.5 Å². The fourth-order valence-corrected chi connectivity index (χ4v) is 6.64. The highest BCUT2D eigenvalue weighted by Gasteiger charge is 2.54. The number of carbonyl (C=O) groups is 2. The predicted molar refractivity (Wildman–Crippen MR) is 148 cm³/mol. The van der Waals surface area contributed by atoms with Crippen LogP contribution in [0.15, 0.2) is 48.7 Å². The topological polar surface area (TPSA) is 152 Å². The molecule has 1 aromatic heterocycles. The summed E-state index contributed by atoms with van der Waals surface area (Å²) in [6.45, 7) is 4.15. The van der Waals surface area contributed by atoms with E-state index in [-0.39, 0.29) is 47.8 Å². The van der Waals surface area contributed by atoms with Gasteiger partial charge in [0.1, 0.15) is 11.9 Å². The molecule has 3 aliphatic rings. The van der Waals surface area contributed by atoms with Crippen LogP contribution in [-0.4, -0.2) is 53.3 Å². The zero-order valence-electron chi connectivity index (χ0n) is 22.9. The Morgan fingerprint density at radius 2 is 1.95 bits per heavy atom. The minimum absolute atomic E-state index is 0.0679. The lowest BCUT2D eigenvalue weighted by atomic mass is 9.57. The molecule has 1 aromatic carbocycles. The van der Waals surface area contributed by atoms with E-state index in [4.69, 9.17) is 27.0 Å². The third-order valence-corrected chi connectivity index (χ3v) is 8.18. The van der Waals surface area contributed by atoms with E-state index in [1.807, 2.05) is 31.2 Å². The molecule has 0 radical (unpaired) electrons. The number of halogens is 1. The standard InChI is InChI=1S/C29H33FN2O4.H2O4S/c1-3-35-29(34)32-23-10-11-24-20(14-23)15-26-27(17(2)36-28(26)33)25(24)12-9-22-8-7-19(16-31-22)18-5-4-6-21(30)13-18;1-5(2,3)4/h4-9,12-13,16-17,20,23-27H,3,10-11,14-15H2,1-2H3,(H,32,34);(H2,1,2,3,4)/b12-9+;/t17?,20-,23+,24+,25-,26+,27?;/m0./s1. The van der Waals surface area contributed by atoms with Gasteiger partial charge in [0.05, 0.1) is 18.2 Å². The molecule has 1 aliphatic heterocycles. The van der Waals surface area contributed by atoms with Crippen molar-refractivity contribution in [2.24, 2.45) is 29.6 Å². The van der Waals surface area contributed by atoms with Crippen LogP contribution >= 0.6 is 0 Å². The van der Waals surface area contributed by atoms with Gasteiger partial charge in [0, 0.05) is 23.7 Å². The van der Waals surface area contributed by atoms with Crippen molar-refractivity contribution in [2.75, 3.05) is 6.61 Å². The Hall–Kier alpha value is -3.35. The number of esters is 1. The van der Waals surface area contributed by atoms with Gasteiger partial charge in [-0.2, -0.15) is 8.42 Å². The Morgan fingerprint density at radius 3 is 2.61 bits per heavy atom. The van der Waals surface area contributed by atoms with Crippen LogP contribution in [0.5, 0.6) is 0 Å². The van der Waals surface area contributed by atoms with Crippen molar-refractivity contribution >= 4 is 28.5 Å². The van der Waals surface area contributed by atoms with Crippen LogP contribution in [0.2, 0.25) is 0 Å². The largest absolute Gasteiger partial charge is 0.462 e. The van der Waals surface area contributed by atoms with Gasteiger partial charge in [-0.25, -0.2) is 9.18 Å². The van der Waals surface area contributed by atoms with Crippen LogP contribution in [0, 0.1) is 35.4 Å². The first-order chi connectivity index (χ1) is 19.4. The maximum absolute atomic E-state index is 13.6. The normalized spacial score (nSPS) is 29.0. The molecule has 2 saturated carbocycles. The Kier molecular flexibility index (Phi) is 9.77. The van der Waals surface area contributed by atoms with Crippen molar-refractivity contribution in [3.63, 3.8) is 0 Å². The van der Waals surface area contributed by atoms with Crippen LogP contribution in [-0.2, 0) is 24.7 Å². The number of pyridine rings is 1. The van der Waals surface area contributed by atoms with Gasteiger partial charge in [-0.05, 0) is 87.1 Å². The molecule has 0 bridgehead atoms. The lowest BCUT2D eigenvalue weighted by Gasteiger charge is -2.47. The average Bonchev–Trinajstić information content (AvgIpc) is 3.18. The summed E-state index contributed by atoms with van der Waals surface area (Å²) in [6, 6.07) is 10.4. The highest BCUT2D eigenvalue weighted by atomic mass is 32.3. The van der Waals surface area contributed by atoms with Gasteiger partial charge in [0.25, 0.3) is 0 Å². The average molecular weight is 591 g/mol. The number of benzene rings is 1. The number of aromatic nitrogens is 1. The highest BCUT2D eigenvalue weighted by Crippen LogP contribution is 2.53. The molecule has 41 heavy (non-hydrogen) atoms. The second-order valence-electron chi connectivity index (χ2n) is 10.7. The monoisotopic (exact) mass is 590 g/mol. The Balaban J connectivity index is 0.000000714. The minimum Gasteiger partial charge on any atom is -0.462 e. The highest BCUT2D eigenvalue weighted by molar-refractivity contribution is 7.79. The van der Waals surface area contributed by atoms with Crippen LogP contribution in [0.4, 0.5) is 9.18 Å². The van der Waals surface area contributed by atoms with E-state index in [9.17, 15) is 14.0 Å². The summed E-state index contributed by atoms with van der Waals surface area (Å²) in [6.07, 6.45) is 9.07. The number of alkyl carbamates (subject to hydrolysis) is 1. The Labute approximate surface area is 238 Å². The van der Waals surface area contributed by atoms with Gasteiger partial charge in [-0.1, -0.05) is 24.3 Å². The lowest BCUT2D eigenvalue weighted by Crippen LogP contribution is -2.48. The number of amides is 1. The summed E-state index contributed by atoms with van der Waals surface area (Å²) < 4.78 is 55.9. The Morgan fingerprint density at radius 1 is 1.20 bits per heavy atom. The molecule has 5 rings (SSSR count). The van der Waals surface area contributed by atoms with Crippen molar-refractivity contribution in [3.05, 3.63) is 60.2 Å². The number of hydrogen-bond donors (Lipinski definition) is 3. The van der Waals surface area contributed by atoms with E-state index < -0.39 is 10.4 Å². The first-order valence-electron chi connectivity index (χ1n) is 13.7. The summed E-state index contributed by atoms with van der Waals surface area (Å²) in [7, 11) is -4.67. The molecule has 1 amide bonds. The number of cyclic esters (lactones) is 1. The quantitative estimate of drug-likeness (QED) is 0.323. The number of allylic oxidation sites excluding steroid dienone is 1. The van der Waals surface area contributed by atoms with E-state index in [1.165, 1.54) is 12.1 Å². The van der Waals surface area contributed by atoms with Crippen LogP contribution in [0.3, 0.4) is 0 Å². The summed E-state index contributed by atoms with van der Waals surface area (Å²) in [5, 5.41) is 3.00. The number of nitrogens with one attached hydrogen (secondary N) is 1. The molecular formula is C29H35FN2O8S. The van der Waals surface area contributed by atoms with Gasteiger partial charge in [-0.15, -0.1) is 0 Å². The van der Waals surface area contributed by atoms with Crippen molar-refractivity contribution in [3.8, 4) is 11.1 Å². The smallest absolute Gasteiger partial charge is 0.407 e. The van der Waals surface area contributed by atoms with Crippen molar-refractivity contribution < 1.29 is 41.0 Å². The molecule has 2 aromatic rings. The molecular weight excluding hydrogens is 555 g/mol. The summed E-state index contributed by atoms with van der Waals surface area (Å²) in [4.78, 5) is 29.2. The van der Waals surface area contributed by atoms with Crippen molar-refractivity contribution in [1.82, 2.24) is 10.3 Å². The lowest BCUT2D eigenvalue weighted by molar-refractivity contribution is -0.144.